The van der Waals surface area contributed by atoms with Crippen molar-refractivity contribution in [2.45, 2.75) is 26.0 Å². The number of thiophene rings is 1. The molecule has 1 aromatic heterocycles. The summed E-state index contributed by atoms with van der Waals surface area (Å²) in [5, 5.41) is 2.12. The molecule has 2 heterocycles. The normalized spacial score (nSPS) is 14.8. The Bertz CT molecular complexity index is 825. The summed E-state index contributed by atoms with van der Waals surface area (Å²) in [4.78, 5) is 28.7. The first-order chi connectivity index (χ1) is 12.0. The molecule has 0 saturated carbocycles. The second-order valence-electron chi connectivity index (χ2n) is 5.72. The molecule has 0 atom stereocenters. The minimum Gasteiger partial charge on any atom is -0.494 e. The Morgan fingerprint density at radius 1 is 1.16 bits per heavy atom. The monoisotopic (exact) mass is 373 g/mol. The van der Waals surface area contributed by atoms with Crippen molar-refractivity contribution in [3.63, 3.8) is 0 Å². The van der Waals surface area contributed by atoms with Crippen molar-refractivity contribution in [1.29, 1.82) is 0 Å². The van der Waals surface area contributed by atoms with Crippen LogP contribution in [-0.2, 0) is 9.59 Å². The van der Waals surface area contributed by atoms with Gasteiger partial charge >= 0.3 is 0 Å². The third kappa shape index (κ3) is 3.50. The predicted molar refractivity (Wildman–Crippen MR) is 104 cm³/mol. The van der Waals surface area contributed by atoms with Gasteiger partial charge in [-0.15, -0.1) is 23.1 Å². The number of rotatable bonds is 6. The molecule has 0 bridgehead atoms. The van der Waals surface area contributed by atoms with E-state index in [0.717, 1.165) is 4.88 Å². The van der Waals surface area contributed by atoms with E-state index in [1.54, 1.807) is 18.2 Å². The number of thioether (sulfide) groups is 1. The highest BCUT2D eigenvalue weighted by molar-refractivity contribution is 8.04. The van der Waals surface area contributed by atoms with Crippen molar-refractivity contribution in [3.05, 3.63) is 51.6 Å². The van der Waals surface area contributed by atoms with E-state index in [0.29, 0.717) is 28.5 Å². The largest absolute Gasteiger partial charge is 0.494 e. The van der Waals surface area contributed by atoms with Crippen LogP contribution in [0.2, 0.25) is 0 Å². The third-order valence-corrected chi connectivity index (χ3v) is 5.52. The van der Waals surface area contributed by atoms with Gasteiger partial charge in [0.05, 0.1) is 22.8 Å². The van der Waals surface area contributed by atoms with Gasteiger partial charge in [-0.1, -0.05) is 26.0 Å². The number of carbonyl (C=O) groups excluding carboxylic acids is 2. The average Bonchev–Trinajstić information content (AvgIpc) is 3.15. The molecule has 1 aliphatic rings. The average molecular weight is 373 g/mol. The summed E-state index contributed by atoms with van der Waals surface area (Å²) in [6, 6.07) is 10.9. The molecule has 6 heteroatoms. The Labute approximate surface area is 155 Å². The molecule has 0 aliphatic carbocycles. The van der Waals surface area contributed by atoms with Gasteiger partial charge in [0, 0.05) is 16.2 Å². The van der Waals surface area contributed by atoms with Crippen molar-refractivity contribution in [2.24, 2.45) is 0 Å². The van der Waals surface area contributed by atoms with Crippen LogP contribution in [0.25, 0.3) is 5.57 Å². The zero-order chi connectivity index (χ0) is 18.0. The lowest BCUT2D eigenvalue weighted by Crippen LogP contribution is -2.31. The number of benzene rings is 1. The van der Waals surface area contributed by atoms with Gasteiger partial charge < -0.3 is 4.74 Å². The van der Waals surface area contributed by atoms with Gasteiger partial charge in [0.2, 0.25) is 0 Å². The number of hydrogen-bond acceptors (Lipinski definition) is 5. The minimum atomic E-state index is -0.274. The lowest BCUT2D eigenvalue weighted by molar-refractivity contribution is -0.119. The van der Waals surface area contributed by atoms with Gasteiger partial charge in [0.25, 0.3) is 11.8 Å². The van der Waals surface area contributed by atoms with E-state index in [-0.39, 0.29) is 17.1 Å². The highest BCUT2D eigenvalue weighted by Gasteiger charge is 2.41. The maximum atomic E-state index is 13.1. The van der Waals surface area contributed by atoms with Gasteiger partial charge in [0.1, 0.15) is 5.75 Å². The van der Waals surface area contributed by atoms with Gasteiger partial charge in [-0.05, 0) is 30.5 Å². The van der Waals surface area contributed by atoms with Crippen LogP contribution in [0.15, 0.2) is 46.7 Å². The molecule has 0 fully saturated rings. The number of amides is 2. The Kier molecular flexibility index (Phi) is 5.30. The minimum absolute atomic E-state index is 0.205. The van der Waals surface area contributed by atoms with E-state index in [9.17, 15) is 9.59 Å². The third-order valence-electron chi connectivity index (χ3n) is 3.55. The Morgan fingerprint density at radius 3 is 2.60 bits per heavy atom. The maximum Gasteiger partial charge on any atom is 0.272 e. The molecule has 25 heavy (non-hydrogen) atoms. The molecule has 0 radical (unpaired) electrons. The molecular weight excluding hydrogens is 354 g/mol. The summed E-state index contributed by atoms with van der Waals surface area (Å²) in [7, 11) is 0. The van der Waals surface area contributed by atoms with E-state index < -0.39 is 0 Å². The summed E-state index contributed by atoms with van der Waals surface area (Å²) in [6.45, 7) is 6.45. The fourth-order valence-electron chi connectivity index (χ4n) is 2.61. The van der Waals surface area contributed by atoms with Crippen LogP contribution < -0.4 is 9.64 Å². The van der Waals surface area contributed by atoms with Crippen molar-refractivity contribution >= 4 is 46.2 Å². The van der Waals surface area contributed by atoms with E-state index in [1.807, 2.05) is 44.4 Å². The Morgan fingerprint density at radius 2 is 1.96 bits per heavy atom. The zero-order valence-electron chi connectivity index (χ0n) is 14.3. The van der Waals surface area contributed by atoms with Crippen LogP contribution in [-0.4, -0.2) is 23.7 Å². The smallest absolute Gasteiger partial charge is 0.272 e. The number of hydrogen-bond donors (Lipinski definition) is 0. The summed E-state index contributed by atoms with van der Waals surface area (Å²) in [5.41, 5.74) is 1.04. The number of nitrogens with zero attached hydrogens (tertiary/aromatic N) is 1. The molecule has 4 nitrogen and oxygen atoms in total. The van der Waals surface area contributed by atoms with Gasteiger partial charge in [0.15, 0.2) is 0 Å². The highest BCUT2D eigenvalue weighted by atomic mass is 32.2. The molecule has 3 rings (SSSR count). The van der Waals surface area contributed by atoms with Crippen LogP contribution in [0.3, 0.4) is 0 Å². The molecule has 1 aromatic carbocycles. The van der Waals surface area contributed by atoms with Gasteiger partial charge in [-0.2, -0.15) is 0 Å². The lowest BCUT2D eigenvalue weighted by Gasteiger charge is -2.16. The first-order valence-electron chi connectivity index (χ1n) is 8.09. The fraction of sp³-hybridized carbons (Fsp3) is 0.263. The predicted octanol–water partition coefficient (Wildman–Crippen LogP) is 4.57. The van der Waals surface area contributed by atoms with E-state index in [1.165, 1.54) is 28.0 Å². The van der Waals surface area contributed by atoms with E-state index >= 15 is 0 Å². The molecule has 2 amide bonds. The second kappa shape index (κ2) is 7.45. The Hall–Kier alpha value is -2.05. The zero-order valence-corrected chi connectivity index (χ0v) is 15.9. The van der Waals surface area contributed by atoms with Crippen LogP contribution >= 0.6 is 23.1 Å². The lowest BCUT2D eigenvalue weighted by atomic mass is 10.2. The quantitative estimate of drug-likeness (QED) is 0.696. The summed E-state index contributed by atoms with van der Waals surface area (Å²) in [5.74, 6) is 0.105. The number of carbonyl (C=O) groups is 2. The molecule has 0 spiro atoms. The topological polar surface area (TPSA) is 46.6 Å². The van der Waals surface area contributed by atoms with Crippen molar-refractivity contribution in [3.8, 4) is 5.75 Å². The SMILES string of the molecule is CCOc1cccc(N2C(=O)C(SC(C)C)=C(c3cccs3)C2=O)c1. The molecule has 0 N–H and O–H groups in total. The van der Waals surface area contributed by atoms with E-state index in [4.69, 9.17) is 4.74 Å². The van der Waals surface area contributed by atoms with Crippen LogP contribution in [0.1, 0.15) is 25.6 Å². The molecule has 130 valence electrons. The highest BCUT2D eigenvalue weighted by Crippen LogP contribution is 2.41. The molecular formula is C19H19NO3S2. The van der Waals surface area contributed by atoms with E-state index in [2.05, 4.69) is 0 Å². The fourth-order valence-corrected chi connectivity index (χ4v) is 4.42. The summed E-state index contributed by atoms with van der Waals surface area (Å²) in [6.07, 6.45) is 0. The van der Waals surface area contributed by atoms with Crippen molar-refractivity contribution < 1.29 is 14.3 Å². The maximum absolute atomic E-state index is 13.1. The van der Waals surface area contributed by atoms with Crippen LogP contribution in [0.5, 0.6) is 5.75 Å². The second-order valence-corrected chi connectivity index (χ2v) is 8.26. The van der Waals surface area contributed by atoms with Crippen molar-refractivity contribution in [2.75, 3.05) is 11.5 Å². The van der Waals surface area contributed by atoms with Crippen LogP contribution in [0, 0.1) is 0 Å². The first-order valence-corrected chi connectivity index (χ1v) is 9.85. The van der Waals surface area contributed by atoms with Crippen molar-refractivity contribution in [1.82, 2.24) is 0 Å². The Balaban J connectivity index is 2.03. The molecule has 2 aromatic rings. The number of anilines is 1. The van der Waals surface area contributed by atoms with Gasteiger partial charge in [-0.3, -0.25) is 9.59 Å². The standard InChI is InChI=1S/C19H19NO3S2/c1-4-23-14-8-5-7-13(11-14)20-18(21)16(15-9-6-10-24-15)17(19(20)22)25-12(2)3/h5-12H,4H2,1-3H3. The first kappa shape index (κ1) is 17.8. The number of ether oxygens (including phenoxy) is 1. The summed E-state index contributed by atoms with van der Waals surface area (Å²) >= 11 is 2.91. The van der Waals surface area contributed by atoms with Crippen LogP contribution in [0.4, 0.5) is 5.69 Å². The summed E-state index contributed by atoms with van der Waals surface area (Å²) < 4.78 is 5.50. The van der Waals surface area contributed by atoms with Gasteiger partial charge in [-0.25, -0.2) is 4.90 Å². The molecule has 0 unspecified atom stereocenters. The molecule has 1 aliphatic heterocycles. The number of imide groups is 1. The molecule has 0 saturated heterocycles.